The largest absolute Gasteiger partial charge is 0.301 e. The van der Waals surface area contributed by atoms with Gasteiger partial charge in [0.05, 0.1) is 6.20 Å². The second kappa shape index (κ2) is 2.67. The highest BCUT2D eigenvalue weighted by atomic mass is 16.1. The highest BCUT2D eigenvalue weighted by molar-refractivity contribution is 5.91. The van der Waals surface area contributed by atoms with Crippen molar-refractivity contribution in [2.45, 2.75) is 18.9 Å². The molecule has 0 spiro atoms. The lowest BCUT2D eigenvalue weighted by Crippen LogP contribution is -2.38. The minimum absolute atomic E-state index is 0.250. The van der Waals surface area contributed by atoms with Crippen LogP contribution in [0.5, 0.6) is 0 Å². The molecule has 1 aromatic rings. The molecule has 0 bridgehead atoms. The smallest absolute Gasteiger partial charge is 0.158 e. The number of Topliss-reactive ketones (excluding diaryl/α,β-unsaturated/α-hetero) is 1. The number of rotatable bonds is 1. The van der Waals surface area contributed by atoms with Crippen LogP contribution in [0.3, 0.4) is 0 Å². The molecule has 1 aliphatic rings. The quantitative estimate of drug-likeness (QED) is 0.669. The highest BCUT2D eigenvalue weighted by Gasteiger charge is 2.39. The van der Waals surface area contributed by atoms with E-state index in [-0.39, 0.29) is 5.78 Å². The van der Waals surface area contributed by atoms with Gasteiger partial charge < -0.3 is 5.32 Å². The van der Waals surface area contributed by atoms with Crippen LogP contribution < -0.4 is 5.32 Å². The van der Waals surface area contributed by atoms with E-state index in [1.165, 1.54) is 0 Å². The Labute approximate surface area is 76.9 Å². The zero-order valence-electron chi connectivity index (χ0n) is 7.87. The first kappa shape index (κ1) is 8.44. The van der Waals surface area contributed by atoms with Crippen LogP contribution in [0.1, 0.15) is 18.9 Å². The molecule has 0 amide bonds. The minimum Gasteiger partial charge on any atom is -0.301 e. The molecular weight excluding hydrogens is 166 g/mol. The topological polar surface area (TPSA) is 46.9 Å². The standard InChI is InChI=1S/C9H13N3O/c1-9(8(13)3-4-10-9)7-5-11-12(2)6-7/h5-6,10H,3-4H2,1-2H3. The summed E-state index contributed by atoms with van der Waals surface area (Å²) in [6.45, 7) is 2.68. The van der Waals surface area contributed by atoms with E-state index in [1.54, 1.807) is 10.9 Å². The molecule has 0 radical (unpaired) electrons. The van der Waals surface area contributed by atoms with Gasteiger partial charge in [-0.15, -0.1) is 0 Å². The van der Waals surface area contributed by atoms with Gasteiger partial charge in [0.15, 0.2) is 5.78 Å². The Balaban J connectivity index is 2.39. The first-order valence-corrected chi connectivity index (χ1v) is 4.40. The molecule has 70 valence electrons. The molecule has 0 aliphatic carbocycles. The Morgan fingerprint density at radius 1 is 1.69 bits per heavy atom. The maximum absolute atomic E-state index is 11.6. The molecule has 1 saturated heterocycles. The maximum Gasteiger partial charge on any atom is 0.158 e. The van der Waals surface area contributed by atoms with Gasteiger partial charge in [-0.2, -0.15) is 5.10 Å². The lowest BCUT2D eigenvalue weighted by atomic mass is 9.92. The maximum atomic E-state index is 11.6. The van der Waals surface area contributed by atoms with E-state index in [0.717, 1.165) is 12.1 Å². The van der Waals surface area contributed by atoms with Gasteiger partial charge >= 0.3 is 0 Å². The fraction of sp³-hybridized carbons (Fsp3) is 0.556. The predicted molar refractivity (Wildman–Crippen MR) is 48.2 cm³/mol. The first-order valence-electron chi connectivity index (χ1n) is 4.40. The van der Waals surface area contributed by atoms with Gasteiger partial charge in [0.1, 0.15) is 5.54 Å². The van der Waals surface area contributed by atoms with Gasteiger partial charge in [-0.3, -0.25) is 9.48 Å². The van der Waals surface area contributed by atoms with E-state index in [9.17, 15) is 4.79 Å². The Morgan fingerprint density at radius 3 is 2.92 bits per heavy atom. The van der Waals surface area contributed by atoms with Crippen LogP contribution in [0.25, 0.3) is 0 Å². The minimum atomic E-state index is -0.506. The van der Waals surface area contributed by atoms with E-state index in [0.29, 0.717) is 6.42 Å². The van der Waals surface area contributed by atoms with E-state index in [1.807, 2.05) is 20.2 Å². The van der Waals surface area contributed by atoms with Crippen LogP contribution >= 0.6 is 0 Å². The fourth-order valence-corrected chi connectivity index (χ4v) is 1.72. The summed E-state index contributed by atoms with van der Waals surface area (Å²) in [6.07, 6.45) is 4.25. The summed E-state index contributed by atoms with van der Waals surface area (Å²) in [7, 11) is 1.85. The molecule has 0 aromatic carbocycles. The van der Waals surface area contributed by atoms with Crippen LogP contribution in [0.2, 0.25) is 0 Å². The van der Waals surface area contributed by atoms with Gasteiger partial charge in [0, 0.05) is 31.8 Å². The molecular formula is C9H13N3O. The first-order chi connectivity index (χ1) is 6.13. The molecule has 1 fully saturated rings. The van der Waals surface area contributed by atoms with Gasteiger partial charge in [0.2, 0.25) is 0 Å². The predicted octanol–water partition coefficient (Wildman–Crippen LogP) is 0.198. The second-order valence-corrected chi connectivity index (χ2v) is 3.63. The van der Waals surface area contributed by atoms with Crippen LogP contribution in [0.4, 0.5) is 0 Å². The number of carbonyl (C=O) groups is 1. The van der Waals surface area contributed by atoms with Crippen molar-refractivity contribution in [3.63, 3.8) is 0 Å². The van der Waals surface area contributed by atoms with Crippen molar-refractivity contribution < 1.29 is 4.79 Å². The molecule has 2 heterocycles. The van der Waals surface area contributed by atoms with Crippen molar-refractivity contribution in [3.8, 4) is 0 Å². The van der Waals surface area contributed by atoms with Crippen LogP contribution in [0.15, 0.2) is 12.4 Å². The van der Waals surface area contributed by atoms with Crippen LogP contribution in [-0.2, 0) is 17.4 Å². The van der Waals surface area contributed by atoms with E-state index in [4.69, 9.17) is 0 Å². The third-order valence-corrected chi connectivity index (χ3v) is 2.67. The fourth-order valence-electron chi connectivity index (χ4n) is 1.72. The van der Waals surface area contributed by atoms with Crippen molar-refractivity contribution in [1.29, 1.82) is 0 Å². The van der Waals surface area contributed by atoms with Gasteiger partial charge in [0.25, 0.3) is 0 Å². The number of nitrogens with zero attached hydrogens (tertiary/aromatic N) is 2. The van der Waals surface area contributed by atoms with Gasteiger partial charge in [-0.1, -0.05) is 0 Å². The number of hydrogen-bond donors (Lipinski definition) is 1. The summed E-state index contributed by atoms with van der Waals surface area (Å²) in [5.74, 6) is 0.250. The molecule has 2 rings (SSSR count). The summed E-state index contributed by atoms with van der Waals surface area (Å²) in [4.78, 5) is 11.6. The van der Waals surface area contributed by atoms with Crippen molar-refractivity contribution in [2.75, 3.05) is 6.54 Å². The highest BCUT2D eigenvalue weighted by Crippen LogP contribution is 2.26. The van der Waals surface area contributed by atoms with Crippen LogP contribution in [0, 0.1) is 0 Å². The van der Waals surface area contributed by atoms with Crippen molar-refractivity contribution in [1.82, 2.24) is 15.1 Å². The molecule has 4 nitrogen and oxygen atoms in total. The van der Waals surface area contributed by atoms with Crippen molar-refractivity contribution in [3.05, 3.63) is 18.0 Å². The molecule has 1 unspecified atom stereocenters. The SMILES string of the molecule is Cn1cc(C2(C)NCCC2=O)cn1. The Morgan fingerprint density at radius 2 is 2.46 bits per heavy atom. The third kappa shape index (κ3) is 1.18. The van der Waals surface area contributed by atoms with E-state index in [2.05, 4.69) is 10.4 Å². The Kier molecular flexibility index (Phi) is 1.73. The van der Waals surface area contributed by atoms with E-state index >= 15 is 0 Å². The molecule has 4 heteroatoms. The summed E-state index contributed by atoms with van der Waals surface area (Å²) < 4.78 is 1.72. The van der Waals surface area contributed by atoms with Crippen molar-refractivity contribution in [2.24, 2.45) is 7.05 Å². The number of carbonyl (C=O) groups excluding carboxylic acids is 1. The number of hydrogen-bond acceptors (Lipinski definition) is 3. The number of aromatic nitrogens is 2. The second-order valence-electron chi connectivity index (χ2n) is 3.63. The zero-order valence-corrected chi connectivity index (χ0v) is 7.87. The summed E-state index contributed by atoms with van der Waals surface area (Å²) in [5, 5.41) is 7.27. The van der Waals surface area contributed by atoms with E-state index < -0.39 is 5.54 Å². The molecule has 1 aromatic heterocycles. The van der Waals surface area contributed by atoms with Crippen molar-refractivity contribution >= 4 is 5.78 Å². The summed E-state index contributed by atoms with van der Waals surface area (Å²) in [5.41, 5.74) is 0.450. The van der Waals surface area contributed by atoms with Gasteiger partial charge in [-0.25, -0.2) is 0 Å². The lowest BCUT2D eigenvalue weighted by molar-refractivity contribution is -0.122. The Bertz CT molecular complexity index is 344. The molecule has 1 aliphatic heterocycles. The molecule has 13 heavy (non-hydrogen) atoms. The Hall–Kier alpha value is -1.16. The number of ketones is 1. The third-order valence-electron chi connectivity index (χ3n) is 2.67. The normalized spacial score (nSPS) is 28.3. The summed E-state index contributed by atoms with van der Waals surface area (Å²) >= 11 is 0. The number of nitrogens with one attached hydrogen (secondary N) is 1. The average Bonchev–Trinajstić information content (AvgIpc) is 2.62. The zero-order chi connectivity index (χ0) is 9.47. The monoisotopic (exact) mass is 179 g/mol. The lowest BCUT2D eigenvalue weighted by Gasteiger charge is -2.20. The molecule has 1 atom stereocenters. The van der Waals surface area contributed by atoms with Gasteiger partial charge in [-0.05, 0) is 6.92 Å². The average molecular weight is 179 g/mol. The molecule has 1 N–H and O–H groups in total. The number of aryl methyl sites for hydroxylation is 1. The van der Waals surface area contributed by atoms with Crippen LogP contribution in [-0.4, -0.2) is 22.1 Å². The molecule has 0 saturated carbocycles. The summed E-state index contributed by atoms with van der Waals surface area (Å²) in [6, 6.07) is 0.